The van der Waals surface area contributed by atoms with E-state index in [0.717, 1.165) is 6.42 Å². The van der Waals surface area contributed by atoms with Crippen LogP contribution in [0.4, 0.5) is 0 Å². The maximum absolute atomic E-state index is 12.4. The van der Waals surface area contributed by atoms with Crippen molar-refractivity contribution in [3.63, 3.8) is 0 Å². The van der Waals surface area contributed by atoms with Gasteiger partial charge in [0.05, 0.1) is 5.69 Å². The van der Waals surface area contributed by atoms with Crippen LogP contribution in [-0.2, 0) is 9.05 Å². The lowest BCUT2D eigenvalue weighted by atomic mass is 10.1. The Morgan fingerprint density at radius 1 is 1.40 bits per heavy atom. The van der Waals surface area contributed by atoms with Gasteiger partial charge in [-0.2, -0.15) is 5.10 Å². The summed E-state index contributed by atoms with van der Waals surface area (Å²) < 4.78 is 23.5. The van der Waals surface area contributed by atoms with Gasteiger partial charge in [0.2, 0.25) is 0 Å². The van der Waals surface area contributed by atoms with Crippen LogP contribution in [0.15, 0.2) is 4.90 Å². The molecule has 114 valence electrons. The topological polar surface area (TPSA) is 83.1 Å². The van der Waals surface area contributed by atoms with Crippen LogP contribution < -0.4 is 0 Å². The Hall–Kier alpha value is -1.08. The molecule has 8 heteroatoms. The van der Waals surface area contributed by atoms with Gasteiger partial charge in [-0.15, -0.1) is 0 Å². The number of halogens is 1. The number of nitrogens with one attached hydrogen (secondary N) is 1. The number of hydrogen-bond acceptors (Lipinski definition) is 4. The number of hydrogen-bond donors (Lipinski definition) is 1. The van der Waals surface area contributed by atoms with Crippen LogP contribution in [0.1, 0.15) is 56.2 Å². The minimum Gasteiger partial charge on any atom is -0.338 e. The molecule has 0 spiro atoms. The smallest absolute Gasteiger partial charge is 0.275 e. The van der Waals surface area contributed by atoms with Crippen LogP contribution in [-0.4, -0.2) is 42.5 Å². The van der Waals surface area contributed by atoms with Crippen LogP contribution in [0.2, 0.25) is 0 Å². The summed E-state index contributed by atoms with van der Waals surface area (Å²) in [4.78, 5) is 13.7. The van der Waals surface area contributed by atoms with E-state index in [4.69, 9.17) is 10.7 Å². The first-order chi connectivity index (χ1) is 9.23. The Bertz CT molecular complexity index is 581. The molecule has 0 atom stereocenters. The summed E-state index contributed by atoms with van der Waals surface area (Å²) in [7, 11) is 1.43. The molecule has 0 aromatic carbocycles. The monoisotopic (exact) mass is 321 g/mol. The third-order valence-corrected chi connectivity index (χ3v) is 4.30. The van der Waals surface area contributed by atoms with Gasteiger partial charge in [-0.05, 0) is 19.3 Å². The maximum atomic E-state index is 12.4. The van der Waals surface area contributed by atoms with Gasteiger partial charge in [-0.3, -0.25) is 9.89 Å². The molecule has 0 unspecified atom stereocenters. The average molecular weight is 322 g/mol. The van der Waals surface area contributed by atoms with Crippen LogP contribution in [0, 0.1) is 0 Å². The van der Waals surface area contributed by atoms with Gasteiger partial charge < -0.3 is 4.90 Å². The van der Waals surface area contributed by atoms with Gasteiger partial charge in [0.15, 0.2) is 5.69 Å². The highest BCUT2D eigenvalue weighted by atomic mass is 35.7. The number of carbonyl (C=O) groups excluding carboxylic acids is 1. The van der Waals surface area contributed by atoms with Crippen molar-refractivity contribution in [3.8, 4) is 0 Å². The molecular formula is C12H20ClN3O3S. The zero-order valence-electron chi connectivity index (χ0n) is 12.1. The predicted octanol–water partition coefficient (Wildman–Crippen LogP) is 2.33. The lowest BCUT2D eigenvalue weighted by Gasteiger charge is -2.19. The molecule has 0 saturated heterocycles. The summed E-state index contributed by atoms with van der Waals surface area (Å²) in [5.74, 6) is -0.550. The largest absolute Gasteiger partial charge is 0.338 e. The normalized spacial score (nSPS) is 11.9. The molecular weight excluding hydrogens is 302 g/mol. The highest BCUT2D eigenvalue weighted by Gasteiger charge is 2.31. The van der Waals surface area contributed by atoms with Gasteiger partial charge >= 0.3 is 0 Å². The fraction of sp³-hybridized carbons (Fsp3) is 0.667. The Balaban J connectivity index is 3.36. The van der Waals surface area contributed by atoms with Crippen molar-refractivity contribution in [2.24, 2.45) is 0 Å². The molecule has 0 saturated carbocycles. The summed E-state index contributed by atoms with van der Waals surface area (Å²) in [5.41, 5.74) is 0.231. The fourth-order valence-electron chi connectivity index (χ4n) is 1.95. The van der Waals surface area contributed by atoms with Crippen molar-refractivity contribution in [1.29, 1.82) is 0 Å². The highest BCUT2D eigenvalue weighted by molar-refractivity contribution is 8.13. The van der Waals surface area contributed by atoms with Crippen molar-refractivity contribution >= 4 is 25.6 Å². The minimum atomic E-state index is -4.04. The molecule has 0 aliphatic carbocycles. The number of amides is 1. The van der Waals surface area contributed by atoms with Crippen molar-refractivity contribution < 1.29 is 13.2 Å². The molecule has 1 heterocycles. The van der Waals surface area contributed by atoms with Gasteiger partial charge in [0, 0.05) is 23.8 Å². The van der Waals surface area contributed by atoms with Crippen molar-refractivity contribution in [2.75, 3.05) is 13.1 Å². The number of nitrogens with zero attached hydrogens (tertiary/aromatic N) is 2. The van der Waals surface area contributed by atoms with Crippen molar-refractivity contribution in [3.05, 3.63) is 11.4 Å². The number of carbonyl (C=O) groups is 1. The van der Waals surface area contributed by atoms with Crippen molar-refractivity contribution in [1.82, 2.24) is 15.1 Å². The van der Waals surface area contributed by atoms with E-state index in [1.54, 1.807) is 18.7 Å². The first kappa shape index (κ1) is 17.0. The fourth-order valence-corrected chi connectivity index (χ4v) is 3.33. The van der Waals surface area contributed by atoms with Gasteiger partial charge in [0.25, 0.3) is 15.0 Å². The van der Waals surface area contributed by atoms with E-state index in [1.807, 2.05) is 13.8 Å². The Labute approximate surface area is 123 Å². The highest BCUT2D eigenvalue weighted by Crippen LogP contribution is 2.28. The van der Waals surface area contributed by atoms with Gasteiger partial charge in [-0.1, -0.05) is 20.8 Å². The van der Waals surface area contributed by atoms with Crippen LogP contribution in [0.5, 0.6) is 0 Å². The van der Waals surface area contributed by atoms with E-state index in [2.05, 4.69) is 10.2 Å². The molecule has 0 bridgehead atoms. The lowest BCUT2D eigenvalue weighted by Crippen LogP contribution is -2.32. The standard InChI is InChI=1S/C12H20ClN3O3S/c1-5-7-16(6-2)12(17)10-11(20(13,18)19)9(8(3)4)14-15-10/h8H,5-7H2,1-4H3,(H,14,15). The molecule has 1 aromatic rings. The predicted molar refractivity (Wildman–Crippen MR) is 77.6 cm³/mol. The summed E-state index contributed by atoms with van der Waals surface area (Å²) >= 11 is 0. The second-order valence-electron chi connectivity index (χ2n) is 4.79. The number of aromatic amines is 1. The molecule has 0 aliphatic heterocycles. The van der Waals surface area contributed by atoms with E-state index >= 15 is 0 Å². The summed E-state index contributed by atoms with van der Waals surface area (Å²) in [6.45, 7) is 8.41. The van der Waals surface area contributed by atoms with Crippen molar-refractivity contribution in [2.45, 2.75) is 44.9 Å². The summed E-state index contributed by atoms with van der Waals surface area (Å²) in [6.07, 6.45) is 0.782. The SMILES string of the molecule is CCCN(CC)C(=O)c1n[nH]c(C(C)C)c1S(=O)(=O)Cl. The van der Waals surface area contributed by atoms with E-state index in [1.165, 1.54) is 0 Å². The van der Waals surface area contributed by atoms with E-state index < -0.39 is 15.0 Å². The maximum Gasteiger partial charge on any atom is 0.275 e. The van der Waals surface area contributed by atoms with Crippen LogP contribution in [0.3, 0.4) is 0 Å². The number of aromatic nitrogens is 2. The molecule has 1 N–H and O–H groups in total. The first-order valence-corrected chi connectivity index (χ1v) is 8.87. The second kappa shape index (κ2) is 6.58. The Morgan fingerprint density at radius 2 is 2.00 bits per heavy atom. The second-order valence-corrected chi connectivity index (χ2v) is 7.30. The van der Waals surface area contributed by atoms with E-state index in [-0.39, 0.29) is 16.5 Å². The lowest BCUT2D eigenvalue weighted by molar-refractivity contribution is 0.0754. The van der Waals surface area contributed by atoms with E-state index in [9.17, 15) is 13.2 Å². The first-order valence-electron chi connectivity index (χ1n) is 6.56. The quantitative estimate of drug-likeness (QED) is 0.815. The zero-order valence-corrected chi connectivity index (χ0v) is 13.7. The van der Waals surface area contributed by atoms with Gasteiger partial charge in [-0.25, -0.2) is 8.42 Å². The third-order valence-electron chi connectivity index (χ3n) is 2.93. The Kier molecular flexibility index (Phi) is 5.59. The van der Waals surface area contributed by atoms with Crippen LogP contribution in [0.25, 0.3) is 0 Å². The van der Waals surface area contributed by atoms with Crippen LogP contribution >= 0.6 is 10.7 Å². The molecule has 1 rings (SSSR count). The van der Waals surface area contributed by atoms with Gasteiger partial charge in [0.1, 0.15) is 4.90 Å². The zero-order chi connectivity index (χ0) is 15.5. The molecule has 0 aliphatic rings. The average Bonchev–Trinajstić information content (AvgIpc) is 2.79. The number of rotatable bonds is 6. The number of H-pyrrole nitrogens is 1. The molecule has 1 amide bonds. The molecule has 6 nitrogen and oxygen atoms in total. The minimum absolute atomic E-state index is 0.126. The molecule has 0 radical (unpaired) electrons. The third kappa shape index (κ3) is 3.52. The molecule has 20 heavy (non-hydrogen) atoms. The summed E-state index contributed by atoms with van der Waals surface area (Å²) in [6, 6.07) is 0. The molecule has 0 fully saturated rings. The van der Waals surface area contributed by atoms with E-state index in [0.29, 0.717) is 18.8 Å². The Morgan fingerprint density at radius 3 is 2.40 bits per heavy atom. The molecule has 1 aromatic heterocycles. The summed E-state index contributed by atoms with van der Waals surface area (Å²) in [5, 5.41) is 6.50.